The van der Waals surface area contributed by atoms with Crippen molar-refractivity contribution in [3.63, 3.8) is 0 Å². The Morgan fingerprint density at radius 2 is 1.55 bits per heavy atom. The molecule has 1 aromatic carbocycles. The van der Waals surface area contributed by atoms with Gasteiger partial charge in [0.25, 0.3) is 0 Å². The standard InChI is InChI=1S/C16H27NO3/c1-6-16(7-2,20-8-3)15(17)14-12(18-4)10-9-11-13(14)19-5/h9-11,15H,6-8,17H2,1-5H3. The molecule has 1 unspecified atom stereocenters. The number of nitrogens with two attached hydrogens (primary N) is 1. The number of hydrogen-bond acceptors (Lipinski definition) is 4. The Hall–Kier alpha value is -1.26. The summed E-state index contributed by atoms with van der Waals surface area (Å²) in [6, 6.07) is 5.40. The summed E-state index contributed by atoms with van der Waals surface area (Å²) in [5, 5.41) is 0. The van der Waals surface area contributed by atoms with Crippen LogP contribution in [0.5, 0.6) is 11.5 Å². The Bertz CT molecular complexity index is 394. The number of methoxy groups -OCH3 is 2. The second kappa shape index (κ2) is 7.50. The summed E-state index contributed by atoms with van der Waals surface area (Å²) in [5.41, 5.74) is 7.01. The van der Waals surface area contributed by atoms with Gasteiger partial charge in [0.15, 0.2) is 0 Å². The molecule has 1 aromatic rings. The van der Waals surface area contributed by atoms with Crippen LogP contribution in [0.1, 0.15) is 45.2 Å². The highest BCUT2D eigenvalue weighted by Crippen LogP contribution is 2.42. The SMILES string of the molecule is CCOC(CC)(CC)C(N)c1c(OC)cccc1OC. The molecule has 0 bridgehead atoms. The minimum absolute atomic E-state index is 0.302. The first-order valence-electron chi connectivity index (χ1n) is 7.20. The largest absolute Gasteiger partial charge is 0.496 e. The van der Waals surface area contributed by atoms with Gasteiger partial charge in [0.2, 0.25) is 0 Å². The molecular weight excluding hydrogens is 254 g/mol. The third-order valence-electron chi connectivity index (χ3n) is 3.97. The van der Waals surface area contributed by atoms with E-state index < -0.39 is 5.60 Å². The molecule has 20 heavy (non-hydrogen) atoms. The highest BCUT2D eigenvalue weighted by atomic mass is 16.5. The van der Waals surface area contributed by atoms with Gasteiger partial charge in [0.1, 0.15) is 11.5 Å². The molecule has 0 spiro atoms. The van der Waals surface area contributed by atoms with E-state index in [1.165, 1.54) is 0 Å². The van der Waals surface area contributed by atoms with Crippen LogP contribution < -0.4 is 15.2 Å². The van der Waals surface area contributed by atoms with Crippen LogP contribution in [0, 0.1) is 0 Å². The first-order chi connectivity index (χ1) is 9.60. The first kappa shape index (κ1) is 16.8. The maximum Gasteiger partial charge on any atom is 0.127 e. The van der Waals surface area contributed by atoms with E-state index >= 15 is 0 Å². The zero-order valence-corrected chi connectivity index (χ0v) is 13.2. The van der Waals surface area contributed by atoms with Crippen LogP contribution in [0.4, 0.5) is 0 Å². The topological polar surface area (TPSA) is 53.7 Å². The smallest absolute Gasteiger partial charge is 0.127 e. The predicted octanol–water partition coefficient (Wildman–Crippen LogP) is 3.30. The van der Waals surface area contributed by atoms with Gasteiger partial charge in [0.05, 0.1) is 31.4 Å². The Kier molecular flexibility index (Phi) is 6.30. The van der Waals surface area contributed by atoms with Gasteiger partial charge in [-0.2, -0.15) is 0 Å². The van der Waals surface area contributed by atoms with Gasteiger partial charge in [-0.15, -0.1) is 0 Å². The highest BCUT2D eigenvalue weighted by Gasteiger charge is 2.38. The third-order valence-corrected chi connectivity index (χ3v) is 3.97. The van der Waals surface area contributed by atoms with Crippen molar-refractivity contribution in [2.24, 2.45) is 5.73 Å². The molecule has 0 fully saturated rings. The van der Waals surface area contributed by atoms with Gasteiger partial charge in [-0.1, -0.05) is 19.9 Å². The lowest BCUT2D eigenvalue weighted by Gasteiger charge is -2.38. The van der Waals surface area contributed by atoms with Crippen molar-refractivity contribution in [3.8, 4) is 11.5 Å². The molecule has 0 saturated carbocycles. The van der Waals surface area contributed by atoms with Crippen LogP contribution in [0.15, 0.2) is 18.2 Å². The Labute approximate surface area is 122 Å². The molecule has 0 heterocycles. The lowest BCUT2D eigenvalue weighted by atomic mass is 9.83. The number of rotatable bonds is 8. The van der Waals surface area contributed by atoms with Gasteiger partial charge in [0, 0.05) is 6.61 Å². The van der Waals surface area contributed by atoms with Crippen molar-refractivity contribution < 1.29 is 14.2 Å². The fraction of sp³-hybridized carbons (Fsp3) is 0.625. The van der Waals surface area contributed by atoms with E-state index in [2.05, 4.69) is 13.8 Å². The molecule has 114 valence electrons. The van der Waals surface area contributed by atoms with Gasteiger partial charge < -0.3 is 19.9 Å². The monoisotopic (exact) mass is 281 g/mol. The molecule has 1 rings (SSSR count). The van der Waals surface area contributed by atoms with E-state index in [0.717, 1.165) is 29.9 Å². The summed E-state index contributed by atoms with van der Waals surface area (Å²) < 4.78 is 16.9. The first-order valence-corrected chi connectivity index (χ1v) is 7.20. The number of benzene rings is 1. The molecule has 0 radical (unpaired) electrons. The van der Waals surface area contributed by atoms with Crippen LogP contribution in [-0.4, -0.2) is 26.4 Å². The quantitative estimate of drug-likeness (QED) is 0.794. The molecule has 4 heteroatoms. The molecule has 0 aliphatic rings. The second-order valence-corrected chi connectivity index (χ2v) is 4.76. The predicted molar refractivity (Wildman–Crippen MR) is 81.4 cm³/mol. The molecule has 0 amide bonds. The van der Waals surface area contributed by atoms with Crippen LogP contribution in [0.25, 0.3) is 0 Å². The van der Waals surface area contributed by atoms with E-state index in [1.54, 1.807) is 14.2 Å². The summed E-state index contributed by atoms with van der Waals surface area (Å²) in [5.74, 6) is 1.48. The average molecular weight is 281 g/mol. The van der Waals surface area contributed by atoms with Crippen LogP contribution in [-0.2, 0) is 4.74 Å². The second-order valence-electron chi connectivity index (χ2n) is 4.76. The van der Waals surface area contributed by atoms with Crippen molar-refractivity contribution >= 4 is 0 Å². The van der Waals surface area contributed by atoms with Crippen LogP contribution in [0.2, 0.25) is 0 Å². The zero-order chi connectivity index (χ0) is 15.2. The fourth-order valence-corrected chi connectivity index (χ4v) is 2.72. The minimum Gasteiger partial charge on any atom is -0.496 e. The van der Waals surface area contributed by atoms with Crippen molar-refractivity contribution in [1.82, 2.24) is 0 Å². The lowest BCUT2D eigenvalue weighted by Crippen LogP contribution is -2.43. The maximum absolute atomic E-state index is 6.55. The molecular formula is C16H27NO3. The van der Waals surface area contributed by atoms with Gasteiger partial charge >= 0.3 is 0 Å². The van der Waals surface area contributed by atoms with Crippen molar-refractivity contribution in [3.05, 3.63) is 23.8 Å². The lowest BCUT2D eigenvalue weighted by molar-refractivity contribution is -0.0653. The summed E-state index contributed by atoms with van der Waals surface area (Å²) in [6.07, 6.45) is 1.67. The molecule has 0 aliphatic heterocycles. The summed E-state index contributed by atoms with van der Waals surface area (Å²) in [6.45, 7) is 6.82. The van der Waals surface area contributed by atoms with E-state index in [4.69, 9.17) is 19.9 Å². The summed E-state index contributed by atoms with van der Waals surface area (Å²) >= 11 is 0. The molecule has 0 aliphatic carbocycles. The minimum atomic E-state index is -0.406. The molecule has 2 N–H and O–H groups in total. The molecule has 4 nitrogen and oxygen atoms in total. The van der Waals surface area contributed by atoms with E-state index in [9.17, 15) is 0 Å². The van der Waals surface area contributed by atoms with Gasteiger partial charge in [-0.05, 0) is 31.9 Å². The zero-order valence-electron chi connectivity index (χ0n) is 13.2. The molecule has 0 saturated heterocycles. The Morgan fingerprint density at radius 1 is 1.05 bits per heavy atom. The van der Waals surface area contributed by atoms with E-state index in [1.807, 2.05) is 25.1 Å². The number of hydrogen-bond donors (Lipinski definition) is 1. The fourth-order valence-electron chi connectivity index (χ4n) is 2.72. The van der Waals surface area contributed by atoms with Gasteiger partial charge in [-0.25, -0.2) is 0 Å². The molecule has 1 atom stereocenters. The van der Waals surface area contributed by atoms with E-state index in [0.29, 0.717) is 6.61 Å². The highest BCUT2D eigenvalue weighted by molar-refractivity contribution is 5.48. The Balaban J connectivity index is 3.33. The molecule has 0 aromatic heterocycles. The average Bonchev–Trinajstić information content (AvgIpc) is 2.51. The summed E-state index contributed by atoms with van der Waals surface area (Å²) in [7, 11) is 3.29. The number of ether oxygens (including phenoxy) is 3. The summed E-state index contributed by atoms with van der Waals surface area (Å²) in [4.78, 5) is 0. The van der Waals surface area contributed by atoms with E-state index in [-0.39, 0.29) is 6.04 Å². The van der Waals surface area contributed by atoms with Crippen molar-refractivity contribution in [2.75, 3.05) is 20.8 Å². The van der Waals surface area contributed by atoms with Crippen LogP contribution in [0.3, 0.4) is 0 Å². The van der Waals surface area contributed by atoms with Crippen LogP contribution >= 0.6 is 0 Å². The van der Waals surface area contributed by atoms with Gasteiger partial charge in [-0.3, -0.25) is 0 Å². The third kappa shape index (κ3) is 3.07. The maximum atomic E-state index is 6.55. The normalized spacial score (nSPS) is 13.1. The van der Waals surface area contributed by atoms with Crippen molar-refractivity contribution in [2.45, 2.75) is 45.3 Å². The Morgan fingerprint density at radius 3 is 1.90 bits per heavy atom. The van der Waals surface area contributed by atoms with Crippen molar-refractivity contribution in [1.29, 1.82) is 0 Å².